The zero-order chi connectivity index (χ0) is 12.3. The van der Waals surface area contributed by atoms with Gasteiger partial charge in [-0.05, 0) is 35.0 Å². The van der Waals surface area contributed by atoms with E-state index in [1.165, 1.54) is 12.1 Å². The monoisotopic (exact) mass is 228 g/mol. The average Bonchev–Trinajstić information content (AvgIpc) is 2.29. The fourth-order valence-corrected chi connectivity index (χ4v) is 1.57. The number of hydrogen-bond donors (Lipinski definition) is 1. The first kappa shape index (κ1) is 11.1. The summed E-state index contributed by atoms with van der Waals surface area (Å²) in [5.41, 5.74) is 0.601. The number of fused-ring (bicyclic) bond motifs is 1. The highest BCUT2D eigenvalue weighted by Gasteiger charge is 2.02. The summed E-state index contributed by atoms with van der Waals surface area (Å²) >= 11 is 0. The van der Waals surface area contributed by atoms with Gasteiger partial charge >= 0.3 is 0 Å². The van der Waals surface area contributed by atoms with Crippen LogP contribution in [-0.2, 0) is 4.79 Å². The van der Waals surface area contributed by atoms with Crippen LogP contribution in [0.1, 0.15) is 6.42 Å². The van der Waals surface area contributed by atoms with Crippen molar-refractivity contribution in [3.8, 4) is 6.07 Å². The Hall–Kier alpha value is -2.41. The van der Waals surface area contributed by atoms with Crippen LogP contribution in [0.4, 0.5) is 10.1 Å². The number of halogens is 1. The number of nitriles is 1. The molecule has 2 aromatic carbocycles. The van der Waals surface area contributed by atoms with Crippen molar-refractivity contribution < 1.29 is 9.18 Å². The Balaban J connectivity index is 2.29. The predicted molar refractivity (Wildman–Crippen MR) is 62.8 cm³/mol. The van der Waals surface area contributed by atoms with Crippen LogP contribution in [0.2, 0.25) is 0 Å². The van der Waals surface area contributed by atoms with E-state index in [1.54, 1.807) is 30.3 Å². The highest BCUT2D eigenvalue weighted by Crippen LogP contribution is 2.20. The molecule has 0 aliphatic carbocycles. The van der Waals surface area contributed by atoms with E-state index < -0.39 is 0 Å². The van der Waals surface area contributed by atoms with Gasteiger partial charge in [0.05, 0.1) is 6.07 Å². The molecule has 0 unspecified atom stereocenters. The van der Waals surface area contributed by atoms with Gasteiger partial charge in [-0.2, -0.15) is 5.26 Å². The van der Waals surface area contributed by atoms with E-state index in [4.69, 9.17) is 5.26 Å². The number of carbonyl (C=O) groups is 1. The Labute approximate surface area is 97.5 Å². The molecule has 0 saturated carbocycles. The van der Waals surface area contributed by atoms with Crippen LogP contribution in [0.3, 0.4) is 0 Å². The van der Waals surface area contributed by atoms with E-state index in [0.717, 1.165) is 10.8 Å². The maximum atomic E-state index is 12.9. The molecule has 2 rings (SSSR count). The summed E-state index contributed by atoms with van der Waals surface area (Å²) in [5, 5.41) is 12.6. The average molecular weight is 228 g/mol. The highest BCUT2D eigenvalue weighted by atomic mass is 19.1. The number of nitrogens with one attached hydrogen (secondary N) is 1. The molecule has 4 heteroatoms. The molecule has 84 valence electrons. The summed E-state index contributed by atoms with van der Waals surface area (Å²) in [4.78, 5) is 11.2. The van der Waals surface area contributed by atoms with Crippen molar-refractivity contribution in [2.24, 2.45) is 0 Å². The summed E-state index contributed by atoms with van der Waals surface area (Å²) in [6.07, 6.45) is -0.179. The molecule has 0 aromatic heterocycles. The van der Waals surface area contributed by atoms with E-state index in [9.17, 15) is 9.18 Å². The topological polar surface area (TPSA) is 52.9 Å². The molecule has 1 N–H and O–H groups in total. The molecule has 2 aromatic rings. The van der Waals surface area contributed by atoms with Crippen LogP contribution in [0, 0.1) is 17.1 Å². The minimum atomic E-state index is -0.353. The third kappa shape index (κ3) is 2.58. The second-order valence-corrected chi connectivity index (χ2v) is 3.59. The maximum absolute atomic E-state index is 12.9. The standard InChI is InChI=1S/C13H9FN2O/c14-11-3-1-10-8-12(4-2-9(10)7-11)16-13(17)5-6-15/h1-4,7-8H,5H2,(H,16,17). The van der Waals surface area contributed by atoms with Crippen molar-refractivity contribution >= 4 is 22.4 Å². The molecule has 17 heavy (non-hydrogen) atoms. The first-order valence-electron chi connectivity index (χ1n) is 5.05. The van der Waals surface area contributed by atoms with Crippen LogP contribution in [-0.4, -0.2) is 5.91 Å². The molecule has 0 atom stereocenters. The molecule has 0 aliphatic heterocycles. The lowest BCUT2D eigenvalue weighted by Crippen LogP contribution is -2.09. The molecule has 0 radical (unpaired) electrons. The van der Waals surface area contributed by atoms with Gasteiger partial charge in [0, 0.05) is 5.69 Å². The molecule has 0 aliphatic rings. The quantitative estimate of drug-likeness (QED) is 0.859. The van der Waals surface area contributed by atoms with E-state index in [2.05, 4.69) is 5.32 Å². The van der Waals surface area contributed by atoms with Gasteiger partial charge in [0.15, 0.2) is 0 Å². The molecule has 3 nitrogen and oxygen atoms in total. The third-order valence-corrected chi connectivity index (χ3v) is 2.33. The van der Waals surface area contributed by atoms with Gasteiger partial charge < -0.3 is 5.32 Å². The van der Waals surface area contributed by atoms with Crippen LogP contribution in [0.15, 0.2) is 36.4 Å². The molecular formula is C13H9FN2O. The normalized spacial score (nSPS) is 9.88. The summed E-state index contributed by atoms with van der Waals surface area (Å²) < 4.78 is 12.9. The Morgan fingerprint density at radius 3 is 2.71 bits per heavy atom. The molecular weight excluding hydrogens is 219 g/mol. The van der Waals surface area contributed by atoms with Gasteiger partial charge in [-0.3, -0.25) is 4.79 Å². The van der Waals surface area contributed by atoms with E-state index >= 15 is 0 Å². The number of carbonyl (C=O) groups excluding carboxylic acids is 1. The Bertz CT molecular complexity index is 616. The van der Waals surface area contributed by atoms with Crippen molar-refractivity contribution in [1.29, 1.82) is 5.26 Å². The lowest BCUT2D eigenvalue weighted by molar-refractivity contribution is -0.115. The first-order chi connectivity index (χ1) is 8.19. The minimum Gasteiger partial charge on any atom is -0.325 e. The zero-order valence-corrected chi connectivity index (χ0v) is 8.90. The minimum absolute atomic E-state index is 0.179. The van der Waals surface area contributed by atoms with Gasteiger partial charge in [0.2, 0.25) is 5.91 Å². The van der Waals surface area contributed by atoms with Gasteiger partial charge in [0.25, 0.3) is 0 Å². The summed E-state index contributed by atoms with van der Waals surface area (Å²) in [5.74, 6) is -0.646. The molecule has 0 heterocycles. The molecule has 0 fully saturated rings. The molecule has 1 amide bonds. The second kappa shape index (κ2) is 4.62. The highest BCUT2D eigenvalue weighted by molar-refractivity contribution is 5.95. The summed E-state index contributed by atoms with van der Waals surface area (Å²) in [6.45, 7) is 0. The maximum Gasteiger partial charge on any atom is 0.238 e. The van der Waals surface area contributed by atoms with Crippen molar-refractivity contribution in [3.05, 3.63) is 42.2 Å². The van der Waals surface area contributed by atoms with Gasteiger partial charge in [0.1, 0.15) is 12.2 Å². The van der Waals surface area contributed by atoms with Crippen LogP contribution in [0.5, 0.6) is 0 Å². The first-order valence-corrected chi connectivity index (χ1v) is 5.05. The lowest BCUT2D eigenvalue weighted by atomic mass is 10.1. The van der Waals surface area contributed by atoms with Crippen molar-refractivity contribution in [1.82, 2.24) is 0 Å². The van der Waals surface area contributed by atoms with Crippen LogP contribution < -0.4 is 5.32 Å². The van der Waals surface area contributed by atoms with Crippen molar-refractivity contribution in [3.63, 3.8) is 0 Å². The molecule has 0 bridgehead atoms. The number of nitrogens with zero attached hydrogens (tertiary/aromatic N) is 1. The lowest BCUT2D eigenvalue weighted by Gasteiger charge is -2.04. The number of rotatable bonds is 2. The van der Waals surface area contributed by atoms with Gasteiger partial charge in [-0.15, -0.1) is 0 Å². The smallest absolute Gasteiger partial charge is 0.238 e. The number of hydrogen-bond acceptors (Lipinski definition) is 2. The van der Waals surface area contributed by atoms with Gasteiger partial charge in [-0.1, -0.05) is 12.1 Å². The summed E-state index contributed by atoms with van der Waals surface area (Å²) in [7, 11) is 0. The molecule has 0 spiro atoms. The van der Waals surface area contributed by atoms with Crippen molar-refractivity contribution in [2.45, 2.75) is 6.42 Å². The van der Waals surface area contributed by atoms with E-state index in [-0.39, 0.29) is 18.1 Å². The summed E-state index contributed by atoms with van der Waals surface area (Å²) in [6, 6.07) is 11.3. The largest absolute Gasteiger partial charge is 0.325 e. The zero-order valence-electron chi connectivity index (χ0n) is 8.90. The third-order valence-electron chi connectivity index (χ3n) is 2.33. The second-order valence-electron chi connectivity index (χ2n) is 3.59. The molecule has 0 saturated heterocycles. The Kier molecular flexibility index (Phi) is 3.01. The van der Waals surface area contributed by atoms with Gasteiger partial charge in [-0.25, -0.2) is 4.39 Å². The number of anilines is 1. The fraction of sp³-hybridized carbons (Fsp3) is 0.0769. The van der Waals surface area contributed by atoms with E-state index in [1.807, 2.05) is 0 Å². The van der Waals surface area contributed by atoms with Crippen LogP contribution in [0.25, 0.3) is 10.8 Å². The Morgan fingerprint density at radius 2 is 1.94 bits per heavy atom. The number of amides is 1. The SMILES string of the molecule is N#CCC(=O)Nc1ccc2cc(F)ccc2c1. The Morgan fingerprint density at radius 1 is 1.24 bits per heavy atom. The predicted octanol–water partition coefficient (Wildman–Crippen LogP) is 2.83. The van der Waals surface area contributed by atoms with E-state index in [0.29, 0.717) is 5.69 Å². The van der Waals surface area contributed by atoms with Crippen molar-refractivity contribution in [2.75, 3.05) is 5.32 Å². The van der Waals surface area contributed by atoms with Crippen LogP contribution >= 0.6 is 0 Å². The number of benzene rings is 2. The fourth-order valence-electron chi connectivity index (χ4n) is 1.57.